The summed E-state index contributed by atoms with van der Waals surface area (Å²) in [7, 11) is 2.00. The van der Waals surface area contributed by atoms with Crippen molar-refractivity contribution in [2.45, 2.75) is 38.6 Å². The molecule has 0 aliphatic carbocycles. The lowest BCUT2D eigenvalue weighted by Gasteiger charge is -2.40. The number of nitrogens with one attached hydrogen (secondary N) is 1. The van der Waals surface area contributed by atoms with Crippen LogP contribution in [0.25, 0.3) is 0 Å². The van der Waals surface area contributed by atoms with Crippen molar-refractivity contribution in [2.24, 2.45) is 0 Å². The van der Waals surface area contributed by atoms with Gasteiger partial charge in [0.2, 0.25) is 5.91 Å². The molecule has 2 aliphatic rings. The zero-order valence-corrected chi connectivity index (χ0v) is 15.7. The number of piperazine rings is 1. The molecule has 1 aromatic carbocycles. The first-order valence-corrected chi connectivity index (χ1v) is 8.77. The Labute approximate surface area is 149 Å². The van der Waals surface area contributed by atoms with Gasteiger partial charge >= 0.3 is 0 Å². The second-order valence-electron chi connectivity index (χ2n) is 7.93. The molecule has 0 radical (unpaired) electrons. The Balaban J connectivity index is 1.84. The third-order valence-electron chi connectivity index (χ3n) is 5.60. The number of rotatable bonds is 3. The Morgan fingerprint density at radius 3 is 2.60 bits per heavy atom. The third kappa shape index (κ3) is 2.86. The molecule has 1 saturated heterocycles. The van der Waals surface area contributed by atoms with Crippen LogP contribution in [-0.4, -0.2) is 48.8 Å². The molecule has 134 valence electrons. The van der Waals surface area contributed by atoms with E-state index < -0.39 is 5.54 Å². The average molecular weight is 341 g/mol. The van der Waals surface area contributed by atoms with E-state index in [0.717, 1.165) is 11.4 Å². The number of anilines is 1. The number of hydrogen-bond donors (Lipinski definition) is 1. The molecule has 5 heteroatoms. The van der Waals surface area contributed by atoms with Gasteiger partial charge in [0.05, 0.1) is 12.1 Å². The van der Waals surface area contributed by atoms with Crippen LogP contribution in [0.2, 0.25) is 0 Å². The highest BCUT2D eigenvalue weighted by Crippen LogP contribution is 2.46. The molecule has 0 spiro atoms. The molecule has 0 aromatic heterocycles. The van der Waals surface area contributed by atoms with E-state index in [1.807, 2.05) is 37.9 Å². The maximum atomic E-state index is 12.8. The molecule has 3 rings (SSSR count). The first-order valence-electron chi connectivity index (χ1n) is 8.77. The van der Waals surface area contributed by atoms with Gasteiger partial charge in [0.1, 0.15) is 0 Å². The van der Waals surface area contributed by atoms with Gasteiger partial charge < -0.3 is 10.2 Å². The minimum absolute atomic E-state index is 0.0232. The maximum Gasteiger partial charge on any atom is 0.240 e. The van der Waals surface area contributed by atoms with Crippen LogP contribution in [0.5, 0.6) is 0 Å². The minimum Gasteiger partial charge on any atom is -0.353 e. The van der Waals surface area contributed by atoms with Gasteiger partial charge in [-0.2, -0.15) is 0 Å². The number of likely N-dealkylation sites (N-methyl/N-ethyl adjacent to an activating group) is 1. The highest BCUT2D eigenvalue weighted by molar-refractivity contribution is 5.95. The molecular weight excluding hydrogens is 314 g/mol. The number of hydrogen-bond acceptors (Lipinski definition) is 4. The molecule has 5 nitrogen and oxygen atoms in total. The van der Waals surface area contributed by atoms with Gasteiger partial charge in [0, 0.05) is 43.0 Å². The summed E-state index contributed by atoms with van der Waals surface area (Å²) in [5.41, 5.74) is 2.50. The van der Waals surface area contributed by atoms with E-state index in [9.17, 15) is 9.59 Å². The predicted octanol–water partition coefficient (Wildman–Crippen LogP) is 2.08. The molecule has 2 aliphatic heterocycles. The van der Waals surface area contributed by atoms with Crippen LogP contribution < -0.4 is 10.2 Å². The first-order chi connectivity index (χ1) is 11.7. The van der Waals surface area contributed by atoms with Gasteiger partial charge in [-0.25, -0.2) is 0 Å². The smallest absolute Gasteiger partial charge is 0.240 e. The zero-order valence-electron chi connectivity index (χ0n) is 15.7. The summed E-state index contributed by atoms with van der Waals surface area (Å²) in [6.07, 6.45) is 1.75. The number of para-hydroxylation sites is 1. The molecule has 0 bridgehead atoms. The van der Waals surface area contributed by atoms with Crippen molar-refractivity contribution in [2.75, 3.05) is 31.6 Å². The summed E-state index contributed by atoms with van der Waals surface area (Å²) in [6.45, 7) is 9.55. The topological polar surface area (TPSA) is 52.7 Å². The molecule has 0 saturated carbocycles. The number of carbonyl (C=O) groups excluding carboxylic acids is 2. The van der Waals surface area contributed by atoms with E-state index >= 15 is 0 Å². The molecule has 1 amide bonds. The van der Waals surface area contributed by atoms with Crippen LogP contribution in [0.3, 0.4) is 0 Å². The van der Waals surface area contributed by atoms with Crippen molar-refractivity contribution in [1.29, 1.82) is 0 Å². The van der Waals surface area contributed by atoms with Gasteiger partial charge in [-0.05, 0) is 25.5 Å². The summed E-state index contributed by atoms with van der Waals surface area (Å²) in [6, 6.07) is 8.26. The second-order valence-corrected chi connectivity index (χ2v) is 7.93. The van der Waals surface area contributed by atoms with Crippen LogP contribution in [0.1, 0.15) is 33.3 Å². The van der Waals surface area contributed by atoms with Crippen LogP contribution in [0.15, 0.2) is 36.0 Å². The highest BCUT2D eigenvalue weighted by Gasteiger charge is 2.40. The Kier molecular flexibility index (Phi) is 4.23. The molecule has 1 N–H and O–H groups in total. The van der Waals surface area contributed by atoms with Crippen LogP contribution in [0.4, 0.5) is 5.69 Å². The number of carbonyl (C=O) groups is 2. The number of benzene rings is 1. The quantitative estimate of drug-likeness (QED) is 0.855. The highest BCUT2D eigenvalue weighted by atomic mass is 16.2. The maximum absolute atomic E-state index is 12.8. The summed E-state index contributed by atoms with van der Waals surface area (Å²) in [4.78, 5) is 28.9. The number of nitrogens with zero attached hydrogens (tertiary/aromatic N) is 2. The van der Waals surface area contributed by atoms with E-state index in [1.54, 1.807) is 6.08 Å². The van der Waals surface area contributed by atoms with E-state index in [-0.39, 0.29) is 23.7 Å². The number of allylic oxidation sites excluding steroid dienone is 1. The third-order valence-corrected chi connectivity index (χ3v) is 5.60. The number of fused-ring (bicyclic) bond motifs is 1. The van der Waals surface area contributed by atoms with Gasteiger partial charge in [0.15, 0.2) is 5.78 Å². The van der Waals surface area contributed by atoms with Crippen molar-refractivity contribution in [3.8, 4) is 0 Å². The fourth-order valence-electron chi connectivity index (χ4n) is 3.87. The fraction of sp³-hybridized carbons (Fsp3) is 0.500. The van der Waals surface area contributed by atoms with Crippen molar-refractivity contribution in [3.05, 3.63) is 41.6 Å². The Morgan fingerprint density at radius 2 is 1.92 bits per heavy atom. The van der Waals surface area contributed by atoms with Crippen molar-refractivity contribution >= 4 is 17.4 Å². The van der Waals surface area contributed by atoms with E-state index in [2.05, 4.69) is 36.2 Å². The van der Waals surface area contributed by atoms with Crippen LogP contribution >= 0.6 is 0 Å². The Morgan fingerprint density at radius 1 is 1.24 bits per heavy atom. The zero-order chi connectivity index (χ0) is 18.4. The van der Waals surface area contributed by atoms with Gasteiger partial charge in [-0.3, -0.25) is 14.5 Å². The number of amides is 1. The van der Waals surface area contributed by atoms with E-state index in [0.29, 0.717) is 13.1 Å². The van der Waals surface area contributed by atoms with Crippen molar-refractivity contribution in [3.63, 3.8) is 0 Å². The standard InChI is InChI=1S/C20H27N3O2/c1-19(2)15-8-6-7-9-16(15)22(5)17(19)12-14(24)13-23-11-10-21-18(25)20(23,3)4/h6-9,12H,10-11,13H2,1-5H3,(H,21,25)/b17-12-. The fourth-order valence-corrected chi connectivity index (χ4v) is 3.87. The van der Waals surface area contributed by atoms with Crippen LogP contribution in [-0.2, 0) is 15.0 Å². The SMILES string of the molecule is CN1/C(=C\C(=O)CN2CCNC(=O)C2(C)C)C(C)(C)c2ccccc21. The minimum atomic E-state index is -0.660. The van der Waals surface area contributed by atoms with Crippen molar-refractivity contribution in [1.82, 2.24) is 10.2 Å². The summed E-state index contributed by atoms with van der Waals surface area (Å²) in [5, 5.41) is 2.87. The molecular formula is C20H27N3O2. The Hall–Kier alpha value is -2.14. The van der Waals surface area contributed by atoms with Gasteiger partial charge in [-0.1, -0.05) is 32.0 Å². The normalized spacial score (nSPS) is 23.5. The first kappa shape index (κ1) is 17.7. The molecule has 25 heavy (non-hydrogen) atoms. The predicted molar refractivity (Wildman–Crippen MR) is 99.6 cm³/mol. The lowest BCUT2D eigenvalue weighted by Crippen LogP contribution is -2.62. The van der Waals surface area contributed by atoms with E-state index in [4.69, 9.17) is 0 Å². The summed E-state index contributed by atoms with van der Waals surface area (Å²) >= 11 is 0. The lowest BCUT2D eigenvalue weighted by molar-refractivity contribution is -0.136. The lowest BCUT2D eigenvalue weighted by atomic mass is 9.83. The van der Waals surface area contributed by atoms with Crippen LogP contribution in [0, 0.1) is 0 Å². The largest absolute Gasteiger partial charge is 0.353 e. The van der Waals surface area contributed by atoms with E-state index in [1.165, 1.54) is 5.56 Å². The number of ketones is 1. The molecule has 1 aromatic rings. The summed E-state index contributed by atoms with van der Waals surface area (Å²) < 4.78 is 0. The van der Waals surface area contributed by atoms with Crippen molar-refractivity contribution < 1.29 is 9.59 Å². The Bertz CT molecular complexity index is 749. The molecule has 1 fully saturated rings. The molecule has 0 unspecified atom stereocenters. The molecule has 0 atom stereocenters. The van der Waals surface area contributed by atoms with Gasteiger partial charge in [-0.15, -0.1) is 0 Å². The monoisotopic (exact) mass is 341 g/mol. The van der Waals surface area contributed by atoms with Gasteiger partial charge in [0.25, 0.3) is 0 Å². The summed E-state index contributed by atoms with van der Waals surface area (Å²) in [5.74, 6) is 0.00966. The average Bonchev–Trinajstić information content (AvgIpc) is 2.74. The second kappa shape index (κ2) is 5.99. The molecule has 2 heterocycles.